The third-order valence-corrected chi connectivity index (χ3v) is 3.00. The Morgan fingerprint density at radius 2 is 2.07 bits per heavy atom. The summed E-state index contributed by atoms with van der Waals surface area (Å²) < 4.78 is 2.30. The first-order valence-corrected chi connectivity index (χ1v) is 5.86. The van der Waals surface area contributed by atoms with E-state index in [2.05, 4.69) is 43.4 Å². The van der Waals surface area contributed by atoms with Gasteiger partial charge in [0.1, 0.15) is 0 Å². The summed E-state index contributed by atoms with van der Waals surface area (Å²) in [6.45, 7) is 11.2. The lowest BCUT2D eigenvalue weighted by atomic mass is 10.1. The highest BCUT2D eigenvalue weighted by Gasteiger charge is 2.28. The van der Waals surface area contributed by atoms with Crippen molar-refractivity contribution >= 4 is 5.95 Å². The second-order valence-corrected chi connectivity index (χ2v) is 5.26. The van der Waals surface area contributed by atoms with Crippen LogP contribution in [0.25, 0.3) is 0 Å². The summed E-state index contributed by atoms with van der Waals surface area (Å²) in [6, 6.07) is 0. The molecule has 15 heavy (non-hydrogen) atoms. The second-order valence-electron chi connectivity index (χ2n) is 5.26. The zero-order valence-corrected chi connectivity index (χ0v) is 10.2. The fourth-order valence-electron chi connectivity index (χ4n) is 2.14. The van der Waals surface area contributed by atoms with Gasteiger partial charge in [0.2, 0.25) is 5.95 Å². The van der Waals surface area contributed by atoms with Crippen molar-refractivity contribution in [1.29, 1.82) is 0 Å². The predicted octanol–water partition coefficient (Wildman–Crippen LogP) is 2.45. The van der Waals surface area contributed by atoms with Crippen LogP contribution in [-0.2, 0) is 13.0 Å². The molecule has 0 aliphatic carbocycles. The number of rotatable bonds is 1. The Kier molecular flexibility index (Phi) is 2.49. The molecule has 0 atom stereocenters. The lowest BCUT2D eigenvalue weighted by Gasteiger charge is -2.39. The van der Waals surface area contributed by atoms with Crippen LogP contribution in [0.1, 0.15) is 39.8 Å². The van der Waals surface area contributed by atoms with Crippen molar-refractivity contribution in [2.75, 3.05) is 11.4 Å². The Morgan fingerprint density at radius 3 is 2.67 bits per heavy atom. The second kappa shape index (κ2) is 3.54. The Balaban J connectivity index is 2.37. The molecule has 1 aromatic rings. The molecular formula is C12H21N3. The van der Waals surface area contributed by atoms with E-state index in [0.717, 1.165) is 25.5 Å². The molecule has 0 amide bonds. The van der Waals surface area contributed by atoms with Gasteiger partial charge in [0.25, 0.3) is 0 Å². The average Bonchev–Trinajstić information content (AvgIpc) is 2.57. The Hall–Kier alpha value is -0.990. The summed E-state index contributed by atoms with van der Waals surface area (Å²) in [5.41, 5.74) is 1.38. The van der Waals surface area contributed by atoms with Gasteiger partial charge in [-0.25, -0.2) is 4.98 Å². The molecule has 0 aromatic carbocycles. The van der Waals surface area contributed by atoms with E-state index in [0.29, 0.717) is 0 Å². The van der Waals surface area contributed by atoms with Crippen molar-refractivity contribution in [2.45, 2.75) is 52.6 Å². The molecule has 0 unspecified atom stereocenters. The van der Waals surface area contributed by atoms with Crippen molar-refractivity contribution in [3.8, 4) is 0 Å². The summed E-state index contributed by atoms with van der Waals surface area (Å²) in [7, 11) is 0. The zero-order valence-electron chi connectivity index (χ0n) is 10.2. The van der Waals surface area contributed by atoms with Crippen LogP contribution in [0.5, 0.6) is 0 Å². The van der Waals surface area contributed by atoms with Crippen LogP contribution >= 0.6 is 0 Å². The number of anilines is 1. The Morgan fingerprint density at radius 1 is 1.33 bits per heavy atom. The minimum Gasteiger partial charge on any atom is -0.337 e. The molecule has 84 valence electrons. The molecule has 3 nitrogen and oxygen atoms in total. The van der Waals surface area contributed by atoms with Gasteiger partial charge in [0, 0.05) is 24.8 Å². The fraction of sp³-hybridized carbons (Fsp3) is 0.750. The van der Waals surface area contributed by atoms with Gasteiger partial charge in [0.05, 0.1) is 5.69 Å². The van der Waals surface area contributed by atoms with Crippen LogP contribution in [0.15, 0.2) is 6.20 Å². The SMILES string of the molecule is CCc1cn2c(n1)N(C(C)(C)C)CCC2. The molecule has 1 aromatic heterocycles. The highest BCUT2D eigenvalue weighted by atomic mass is 15.4. The normalized spacial score (nSPS) is 16.7. The highest BCUT2D eigenvalue weighted by molar-refractivity contribution is 5.38. The Bertz CT molecular complexity index is 346. The summed E-state index contributed by atoms with van der Waals surface area (Å²) >= 11 is 0. The van der Waals surface area contributed by atoms with Gasteiger partial charge in [-0.1, -0.05) is 6.92 Å². The van der Waals surface area contributed by atoms with E-state index in [-0.39, 0.29) is 5.54 Å². The molecule has 3 heteroatoms. The number of nitrogens with zero attached hydrogens (tertiary/aromatic N) is 3. The van der Waals surface area contributed by atoms with Crippen LogP contribution in [0.3, 0.4) is 0 Å². The molecule has 0 spiro atoms. The molecule has 0 saturated carbocycles. The third-order valence-electron chi connectivity index (χ3n) is 3.00. The molecule has 0 N–H and O–H groups in total. The number of aryl methyl sites for hydroxylation is 2. The summed E-state index contributed by atoms with van der Waals surface area (Å²) in [6.07, 6.45) is 4.45. The topological polar surface area (TPSA) is 21.1 Å². The molecule has 0 bridgehead atoms. The van der Waals surface area contributed by atoms with Crippen molar-refractivity contribution in [2.24, 2.45) is 0 Å². The van der Waals surface area contributed by atoms with Crippen molar-refractivity contribution < 1.29 is 0 Å². The maximum atomic E-state index is 4.71. The van der Waals surface area contributed by atoms with E-state index >= 15 is 0 Å². The van der Waals surface area contributed by atoms with Gasteiger partial charge in [-0.3, -0.25) is 0 Å². The molecule has 0 radical (unpaired) electrons. The Labute approximate surface area is 92.1 Å². The lowest BCUT2D eigenvalue weighted by molar-refractivity contribution is 0.438. The number of aromatic nitrogens is 2. The van der Waals surface area contributed by atoms with Crippen LogP contribution < -0.4 is 4.90 Å². The minimum atomic E-state index is 0.175. The van der Waals surface area contributed by atoms with E-state index in [1.807, 2.05) is 0 Å². The van der Waals surface area contributed by atoms with Gasteiger partial charge >= 0.3 is 0 Å². The first kappa shape index (κ1) is 10.5. The summed E-state index contributed by atoms with van der Waals surface area (Å²) in [4.78, 5) is 7.12. The van der Waals surface area contributed by atoms with E-state index in [1.165, 1.54) is 12.1 Å². The van der Waals surface area contributed by atoms with E-state index in [4.69, 9.17) is 4.98 Å². The van der Waals surface area contributed by atoms with Gasteiger partial charge in [-0.05, 0) is 33.6 Å². The van der Waals surface area contributed by atoms with Crippen molar-refractivity contribution in [3.63, 3.8) is 0 Å². The molecule has 0 saturated heterocycles. The quantitative estimate of drug-likeness (QED) is 0.705. The molecule has 2 heterocycles. The molecular weight excluding hydrogens is 186 g/mol. The van der Waals surface area contributed by atoms with Crippen LogP contribution in [0.4, 0.5) is 5.95 Å². The first-order valence-electron chi connectivity index (χ1n) is 5.86. The molecule has 1 aliphatic heterocycles. The number of hydrogen-bond acceptors (Lipinski definition) is 2. The number of hydrogen-bond donors (Lipinski definition) is 0. The molecule has 1 aliphatic rings. The van der Waals surface area contributed by atoms with Crippen LogP contribution in [0, 0.1) is 0 Å². The van der Waals surface area contributed by atoms with Crippen LogP contribution in [-0.4, -0.2) is 21.6 Å². The van der Waals surface area contributed by atoms with Gasteiger partial charge in [0.15, 0.2) is 0 Å². The van der Waals surface area contributed by atoms with E-state index in [9.17, 15) is 0 Å². The third kappa shape index (κ3) is 1.87. The highest BCUT2D eigenvalue weighted by Crippen LogP contribution is 2.27. The van der Waals surface area contributed by atoms with Gasteiger partial charge in [-0.2, -0.15) is 0 Å². The maximum absolute atomic E-state index is 4.71. The largest absolute Gasteiger partial charge is 0.337 e. The zero-order chi connectivity index (χ0) is 11.1. The monoisotopic (exact) mass is 207 g/mol. The average molecular weight is 207 g/mol. The van der Waals surface area contributed by atoms with E-state index in [1.54, 1.807) is 0 Å². The lowest BCUT2D eigenvalue weighted by Crippen LogP contribution is -2.46. The fourth-order valence-corrected chi connectivity index (χ4v) is 2.14. The summed E-state index contributed by atoms with van der Waals surface area (Å²) in [5.74, 6) is 1.16. The standard InChI is InChI=1S/C12H21N3/c1-5-10-9-14-7-6-8-15(11(14)13-10)12(2,3)4/h9H,5-8H2,1-4H3. The first-order chi connectivity index (χ1) is 7.02. The van der Waals surface area contributed by atoms with Crippen LogP contribution in [0.2, 0.25) is 0 Å². The molecule has 2 rings (SSSR count). The number of fused-ring (bicyclic) bond motifs is 1. The predicted molar refractivity (Wildman–Crippen MR) is 63.3 cm³/mol. The number of imidazole rings is 1. The maximum Gasteiger partial charge on any atom is 0.206 e. The van der Waals surface area contributed by atoms with Crippen molar-refractivity contribution in [1.82, 2.24) is 9.55 Å². The minimum absolute atomic E-state index is 0.175. The van der Waals surface area contributed by atoms with Crippen molar-refractivity contribution in [3.05, 3.63) is 11.9 Å². The summed E-state index contributed by atoms with van der Waals surface area (Å²) in [5, 5.41) is 0. The molecule has 0 fully saturated rings. The van der Waals surface area contributed by atoms with Gasteiger partial charge in [-0.15, -0.1) is 0 Å². The van der Waals surface area contributed by atoms with E-state index < -0.39 is 0 Å². The smallest absolute Gasteiger partial charge is 0.206 e. The van der Waals surface area contributed by atoms with Gasteiger partial charge < -0.3 is 9.47 Å².